The van der Waals surface area contributed by atoms with Gasteiger partial charge in [-0.25, -0.2) is 0 Å². The SMILES string of the molecule is C/C(CO)=C1\CC/C(C)=C/CC[C@]2(C)O[C@H]2CC/C(C)=C/C1O. The average Bonchev–Trinajstić information content (AvgIpc) is 3.14. The summed E-state index contributed by atoms with van der Waals surface area (Å²) < 4.78 is 5.91. The van der Waals surface area contributed by atoms with Crippen LogP contribution in [0, 0.1) is 0 Å². The van der Waals surface area contributed by atoms with Crippen LogP contribution >= 0.6 is 0 Å². The van der Waals surface area contributed by atoms with Gasteiger partial charge in [-0.1, -0.05) is 23.3 Å². The molecule has 0 spiro atoms. The Morgan fingerprint density at radius 3 is 2.70 bits per heavy atom. The molecule has 0 aromatic carbocycles. The number of ether oxygens (including phenoxy) is 1. The smallest absolute Gasteiger partial charge is 0.0937 e. The quantitative estimate of drug-likeness (QED) is 0.566. The van der Waals surface area contributed by atoms with Crippen LogP contribution in [-0.4, -0.2) is 34.6 Å². The summed E-state index contributed by atoms with van der Waals surface area (Å²) in [5.41, 5.74) is 4.45. The van der Waals surface area contributed by atoms with Crippen molar-refractivity contribution in [1.82, 2.24) is 0 Å². The molecule has 0 saturated carbocycles. The third-order valence-corrected chi connectivity index (χ3v) is 5.34. The van der Waals surface area contributed by atoms with E-state index in [1.54, 1.807) is 0 Å². The van der Waals surface area contributed by atoms with Crippen molar-refractivity contribution in [3.05, 3.63) is 34.4 Å². The van der Waals surface area contributed by atoms with E-state index < -0.39 is 6.10 Å². The lowest BCUT2D eigenvalue weighted by molar-refractivity contribution is 0.247. The van der Waals surface area contributed by atoms with Crippen molar-refractivity contribution in [2.24, 2.45) is 0 Å². The molecule has 3 heteroatoms. The summed E-state index contributed by atoms with van der Waals surface area (Å²) in [6.07, 6.45) is 9.84. The fraction of sp³-hybridized carbons (Fsp3) is 0.700. The van der Waals surface area contributed by atoms with Crippen molar-refractivity contribution in [2.45, 2.75) is 84.0 Å². The molecule has 130 valence electrons. The first-order valence-corrected chi connectivity index (χ1v) is 8.84. The third kappa shape index (κ3) is 5.03. The molecule has 0 amide bonds. The molecule has 0 aromatic rings. The normalized spacial score (nSPS) is 40.1. The molecule has 1 aliphatic heterocycles. The van der Waals surface area contributed by atoms with Gasteiger partial charge >= 0.3 is 0 Å². The van der Waals surface area contributed by atoms with Gasteiger partial charge in [0, 0.05) is 0 Å². The fourth-order valence-electron chi connectivity index (χ4n) is 3.44. The van der Waals surface area contributed by atoms with Crippen molar-refractivity contribution >= 4 is 0 Å². The molecular formula is C20H32O3. The summed E-state index contributed by atoms with van der Waals surface area (Å²) in [4.78, 5) is 0. The third-order valence-electron chi connectivity index (χ3n) is 5.34. The molecule has 1 fully saturated rings. The molecule has 1 heterocycles. The molecule has 1 saturated heterocycles. The standard InChI is InChI=1S/C20H32O3/c1-14-6-5-11-20(4)19(23-20)10-8-15(2)12-18(22)17(9-7-14)16(3)13-21/h6,12,18-19,21-22H,5,7-11,13H2,1-4H3/b14-6+,15-12+,17-16-/t18?,19-,20-/m0/s1. The van der Waals surface area contributed by atoms with Crippen LogP contribution in [0.15, 0.2) is 34.4 Å². The molecule has 0 aromatic heterocycles. The predicted octanol–water partition coefficient (Wildman–Crippen LogP) is 4.06. The number of hydrogen-bond donors (Lipinski definition) is 2. The minimum absolute atomic E-state index is 0.0102. The minimum Gasteiger partial charge on any atom is -0.392 e. The molecule has 0 bridgehead atoms. The van der Waals surface area contributed by atoms with E-state index in [1.165, 1.54) is 11.1 Å². The van der Waals surface area contributed by atoms with E-state index in [2.05, 4.69) is 26.8 Å². The molecule has 23 heavy (non-hydrogen) atoms. The van der Waals surface area contributed by atoms with Crippen LogP contribution in [0.25, 0.3) is 0 Å². The lowest BCUT2D eigenvalue weighted by atomic mass is 9.92. The van der Waals surface area contributed by atoms with Crippen LogP contribution < -0.4 is 0 Å². The summed E-state index contributed by atoms with van der Waals surface area (Å²) in [7, 11) is 0. The van der Waals surface area contributed by atoms with E-state index in [4.69, 9.17) is 4.74 Å². The van der Waals surface area contributed by atoms with E-state index in [9.17, 15) is 10.2 Å². The average molecular weight is 320 g/mol. The predicted molar refractivity (Wildman–Crippen MR) is 94.3 cm³/mol. The fourth-order valence-corrected chi connectivity index (χ4v) is 3.44. The number of rotatable bonds is 1. The van der Waals surface area contributed by atoms with Gasteiger partial charge in [0.25, 0.3) is 0 Å². The lowest BCUT2D eigenvalue weighted by Crippen LogP contribution is -2.13. The number of fused-ring (bicyclic) bond motifs is 1. The van der Waals surface area contributed by atoms with E-state index in [0.29, 0.717) is 6.10 Å². The zero-order valence-corrected chi connectivity index (χ0v) is 15.1. The Labute approximate surface area is 140 Å². The Hall–Kier alpha value is -0.900. The summed E-state index contributed by atoms with van der Waals surface area (Å²) >= 11 is 0. The van der Waals surface area contributed by atoms with Crippen molar-refractivity contribution in [3.8, 4) is 0 Å². The van der Waals surface area contributed by atoms with E-state index >= 15 is 0 Å². The number of aliphatic hydroxyl groups excluding tert-OH is 2. The summed E-state index contributed by atoms with van der Waals surface area (Å²) in [5, 5.41) is 20.0. The molecule has 0 radical (unpaired) electrons. The maximum atomic E-state index is 10.6. The maximum Gasteiger partial charge on any atom is 0.0937 e. The largest absolute Gasteiger partial charge is 0.392 e. The molecule has 2 rings (SSSR count). The second-order valence-corrected chi connectivity index (χ2v) is 7.47. The van der Waals surface area contributed by atoms with Crippen molar-refractivity contribution in [1.29, 1.82) is 0 Å². The summed E-state index contributed by atoms with van der Waals surface area (Å²) in [5.74, 6) is 0. The van der Waals surface area contributed by atoms with Gasteiger partial charge in [-0.15, -0.1) is 0 Å². The second kappa shape index (κ2) is 7.78. The Bertz CT molecular complexity index is 515. The van der Waals surface area contributed by atoms with Crippen LogP contribution in [0.2, 0.25) is 0 Å². The highest BCUT2D eigenvalue weighted by molar-refractivity contribution is 5.25. The first kappa shape index (κ1) is 18.4. The van der Waals surface area contributed by atoms with Gasteiger partial charge in [0.2, 0.25) is 0 Å². The molecule has 1 unspecified atom stereocenters. The van der Waals surface area contributed by atoms with E-state index in [0.717, 1.165) is 49.7 Å². The highest BCUT2D eigenvalue weighted by atomic mass is 16.6. The molecule has 3 atom stereocenters. The Morgan fingerprint density at radius 2 is 2.00 bits per heavy atom. The van der Waals surface area contributed by atoms with Gasteiger partial charge in [-0.2, -0.15) is 0 Å². The van der Waals surface area contributed by atoms with E-state index in [1.807, 2.05) is 13.0 Å². The number of epoxide rings is 1. The molecule has 2 aliphatic rings. The Morgan fingerprint density at radius 1 is 1.26 bits per heavy atom. The van der Waals surface area contributed by atoms with Gasteiger partial charge in [0.05, 0.1) is 24.4 Å². The van der Waals surface area contributed by atoms with Crippen LogP contribution in [-0.2, 0) is 4.74 Å². The van der Waals surface area contributed by atoms with Gasteiger partial charge in [0.1, 0.15) is 0 Å². The van der Waals surface area contributed by atoms with Gasteiger partial charge in [0.15, 0.2) is 0 Å². The Kier molecular flexibility index (Phi) is 6.24. The Balaban J connectivity index is 2.18. The second-order valence-electron chi connectivity index (χ2n) is 7.47. The van der Waals surface area contributed by atoms with Gasteiger partial charge in [-0.05, 0) is 77.4 Å². The molecule has 2 N–H and O–H groups in total. The topological polar surface area (TPSA) is 53.0 Å². The van der Waals surface area contributed by atoms with Crippen molar-refractivity contribution in [2.75, 3.05) is 6.61 Å². The molecule has 3 nitrogen and oxygen atoms in total. The molecular weight excluding hydrogens is 288 g/mol. The highest BCUT2D eigenvalue weighted by Crippen LogP contribution is 2.43. The zero-order chi connectivity index (χ0) is 17.0. The van der Waals surface area contributed by atoms with E-state index in [-0.39, 0.29) is 12.2 Å². The first-order valence-electron chi connectivity index (χ1n) is 8.84. The van der Waals surface area contributed by atoms with Crippen molar-refractivity contribution < 1.29 is 14.9 Å². The number of hydrogen-bond acceptors (Lipinski definition) is 3. The molecule has 1 aliphatic carbocycles. The monoisotopic (exact) mass is 320 g/mol. The maximum absolute atomic E-state index is 10.6. The summed E-state index contributed by atoms with van der Waals surface area (Å²) in [6.45, 7) is 8.36. The van der Waals surface area contributed by atoms with Crippen LogP contribution in [0.5, 0.6) is 0 Å². The highest BCUT2D eigenvalue weighted by Gasteiger charge is 2.50. The minimum atomic E-state index is -0.593. The van der Waals surface area contributed by atoms with Crippen LogP contribution in [0.1, 0.15) is 66.2 Å². The van der Waals surface area contributed by atoms with Crippen molar-refractivity contribution in [3.63, 3.8) is 0 Å². The number of allylic oxidation sites excluding steroid dienone is 3. The first-order chi connectivity index (χ1) is 10.9. The zero-order valence-electron chi connectivity index (χ0n) is 15.1. The van der Waals surface area contributed by atoms with Crippen LogP contribution in [0.4, 0.5) is 0 Å². The van der Waals surface area contributed by atoms with Crippen LogP contribution in [0.3, 0.4) is 0 Å². The van der Waals surface area contributed by atoms with Gasteiger partial charge in [-0.3, -0.25) is 0 Å². The lowest BCUT2D eigenvalue weighted by Gasteiger charge is -2.17. The van der Waals surface area contributed by atoms with Gasteiger partial charge < -0.3 is 14.9 Å². The summed E-state index contributed by atoms with van der Waals surface area (Å²) in [6, 6.07) is 0. The number of aliphatic hydroxyl groups is 2.